The molecule has 1 amide bonds. The summed E-state index contributed by atoms with van der Waals surface area (Å²) in [5, 5.41) is 0. The Hall–Kier alpha value is -2.14. The number of ether oxygens (including phenoxy) is 1. The summed E-state index contributed by atoms with van der Waals surface area (Å²) in [4.78, 5) is 18.7. The van der Waals surface area contributed by atoms with E-state index < -0.39 is 0 Å². The SMILES string of the molecule is Cc1occc1C(=O)N(Cc1ccncc1)C[C@@H]1CCCO1. The molecule has 0 aliphatic carbocycles. The number of pyridine rings is 1. The van der Waals surface area contributed by atoms with Crippen molar-refractivity contribution in [2.45, 2.75) is 32.4 Å². The second kappa shape index (κ2) is 6.75. The summed E-state index contributed by atoms with van der Waals surface area (Å²) < 4.78 is 11.0. The summed E-state index contributed by atoms with van der Waals surface area (Å²) >= 11 is 0. The van der Waals surface area contributed by atoms with Crippen molar-refractivity contribution in [1.82, 2.24) is 9.88 Å². The van der Waals surface area contributed by atoms with Gasteiger partial charge in [-0.1, -0.05) is 0 Å². The lowest BCUT2D eigenvalue weighted by Gasteiger charge is -2.25. The van der Waals surface area contributed by atoms with Gasteiger partial charge in [0.25, 0.3) is 5.91 Å². The molecular formula is C17H20N2O3. The Balaban J connectivity index is 1.78. The Kier molecular flexibility index (Phi) is 4.53. The fourth-order valence-corrected chi connectivity index (χ4v) is 2.74. The van der Waals surface area contributed by atoms with Crippen LogP contribution in [0.2, 0.25) is 0 Å². The number of hydrogen-bond acceptors (Lipinski definition) is 4. The smallest absolute Gasteiger partial charge is 0.257 e. The largest absolute Gasteiger partial charge is 0.469 e. The summed E-state index contributed by atoms with van der Waals surface area (Å²) in [6, 6.07) is 5.59. The Labute approximate surface area is 129 Å². The zero-order valence-electron chi connectivity index (χ0n) is 12.7. The van der Waals surface area contributed by atoms with Gasteiger partial charge in [-0.25, -0.2) is 0 Å². The maximum absolute atomic E-state index is 12.8. The molecule has 0 radical (unpaired) electrons. The van der Waals surface area contributed by atoms with Crippen molar-refractivity contribution in [2.75, 3.05) is 13.2 Å². The number of carbonyl (C=O) groups excluding carboxylic acids is 1. The maximum atomic E-state index is 12.8. The number of amides is 1. The predicted molar refractivity (Wildman–Crippen MR) is 81.4 cm³/mol. The lowest BCUT2D eigenvalue weighted by molar-refractivity contribution is 0.0506. The van der Waals surface area contributed by atoms with Crippen LogP contribution in [0.5, 0.6) is 0 Å². The molecule has 1 aliphatic heterocycles. The van der Waals surface area contributed by atoms with Crippen molar-refractivity contribution >= 4 is 5.91 Å². The van der Waals surface area contributed by atoms with E-state index in [9.17, 15) is 4.79 Å². The number of carbonyl (C=O) groups is 1. The molecule has 5 heteroatoms. The van der Waals surface area contributed by atoms with E-state index in [2.05, 4.69) is 4.98 Å². The van der Waals surface area contributed by atoms with Crippen molar-refractivity contribution < 1.29 is 13.9 Å². The molecule has 1 saturated heterocycles. The summed E-state index contributed by atoms with van der Waals surface area (Å²) in [5.41, 5.74) is 1.68. The Morgan fingerprint density at radius 3 is 2.82 bits per heavy atom. The van der Waals surface area contributed by atoms with Gasteiger partial charge in [0.05, 0.1) is 17.9 Å². The minimum absolute atomic E-state index is 0.0152. The summed E-state index contributed by atoms with van der Waals surface area (Å²) in [6.45, 7) is 3.74. The van der Waals surface area contributed by atoms with Gasteiger partial charge < -0.3 is 14.1 Å². The van der Waals surface area contributed by atoms with Gasteiger partial charge in [0, 0.05) is 32.1 Å². The molecule has 1 aliphatic rings. The first-order valence-electron chi connectivity index (χ1n) is 7.58. The molecule has 0 N–H and O–H groups in total. The predicted octanol–water partition coefficient (Wildman–Crippen LogP) is 2.80. The molecule has 116 valence electrons. The lowest BCUT2D eigenvalue weighted by Crippen LogP contribution is -2.37. The van der Waals surface area contributed by atoms with Gasteiger partial charge in [-0.05, 0) is 43.5 Å². The highest BCUT2D eigenvalue weighted by atomic mass is 16.5. The molecule has 0 bridgehead atoms. The van der Waals surface area contributed by atoms with Crippen LogP contribution in [0.3, 0.4) is 0 Å². The van der Waals surface area contributed by atoms with Gasteiger partial charge in [0.15, 0.2) is 0 Å². The average molecular weight is 300 g/mol. The molecule has 0 saturated carbocycles. The zero-order valence-corrected chi connectivity index (χ0v) is 12.7. The van der Waals surface area contributed by atoms with Gasteiger partial charge in [-0.15, -0.1) is 0 Å². The van der Waals surface area contributed by atoms with Crippen LogP contribution in [0.25, 0.3) is 0 Å². The van der Waals surface area contributed by atoms with E-state index in [4.69, 9.17) is 9.15 Å². The number of furan rings is 1. The van der Waals surface area contributed by atoms with Crippen LogP contribution in [0.1, 0.15) is 34.5 Å². The quantitative estimate of drug-likeness (QED) is 0.852. The fraction of sp³-hybridized carbons (Fsp3) is 0.412. The molecule has 0 unspecified atom stereocenters. The van der Waals surface area contributed by atoms with Crippen molar-refractivity contribution in [1.29, 1.82) is 0 Å². The first kappa shape index (κ1) is 14.8. The van der Waals surface area contributed by atoms with Crippen LogP contribution in [0.15, 0.2) is 41.3 Å². The molecule has 1 atom stereocenters. The summed E-state index contributed by atoms with van der Waals surface area (Å²) in [6.07, 6.45) is 7.23. The van der Waals surface area contributed by atoms with Crippen LogP contribution < -0.4 is 0 Å². The van der Waals surface area contributed by atoms with E-state index in [-0.39, 0.29) is 12.0 Å². The molecule has 0 spiro atoms. The maximum Gasteiger partial charge on any atom is 0.257 e. The molecule has 2 aromatic rings. The van der Waals surface area contributed by atoms with Crippen LogP contribution >= 0.6 is 0 Å². The number of aryl methyl sites for hydroxylation is 1. The first-order chi connectivity index (χ1) is 10.7. The minimum atomic E-state index is -0.0152. The number of rotatable bonds is 5. The van der Waals surface area contributed by atoms with E-state index in [0.29, 0.717) is 24.4 Å². The monoisotopic (exact) mass is 300 g/mol. The van der Waals surface area contributed by atoms with Crippen LogP contribution in [-0.2, 0) is 11.3 Å². The third kappa shape index (κ3) is 3.36. The Morgan fingerprint density at radius 2 is 2.18 bits per heavy atom. The van der Waals surface area contributed by atoms with Crippen molar-refractivity contribution in [3.05, 3.63) is 53.7 Å². The molecule has 2 aromatic heterocycles. The Morgan fingerprint density at radius 1 is 1.36 bits per heavy atom. The molecule has 5 nitrogen and oxygen atoms in total. The third-order valence-electron chi connectivity index (χ3n) is 3.95. The Bertz CT molecular complexity index is 618. The summed E-state index contributed by atoms with van der Waals surface area (Å²) in [7, 11) is 0. The van der Waals surface area contributed by atoms with Gasteiger partial charge in [-0.3, -0.25) is 9.78 Å². The summed E-state index contributed by atoms with van der Waals surface area (Å²) in [5.74, 6) is 0.635. The van der Waals surface area contributed by atoms with E-state index in [0.717, 1.165) is 25.0 Å². The van der Waals surface area contributed by atoms with Gasteiger partial charge in [0.2, 0.25) is 0 Å². The van der Waals surface area contributed by atoms with Gasteiger partial charge in [0.1, 0.15) is 5.76 Å². The highest BCUT2D eigenvalue weighted by molar-refractivity contribution is 5.95. The molecule has 3 rings (SSSR count). The standard InChI is InChI=1S/C17H20N2O3/c1-13-16(6-10-21-13)17(20)19(12-15-3-2-9-22-15)11-14-4-7-18-8-5-14/h4-8,10,15H,2-3,9,11-12H2,1H3/t15-/m0/s1. The highest BCUT2D eigenvalue weighted by Crippen LogP contribution is 2.19. The minimum Gasteiger partial charge on any atom is -0.469 e. The second-order valence-electron chi connectivity index (χ2n) is 5.57. The number of hydrogen-bond donors (Lipinski definition) is 0. The second-order valence-corrected chi connectivity index (χ2v) is 5.57. The molecule has 22 heavy (non-hydrogen) atoms. The average Bonchev–Trinajstić information content (AvgIpc) is 3.18. The molecule has 0 aromatic carbocycles. The van der Waals surface area contributed by atoms with E-state index in [1.54, 1.807) is 24.7 Å². The molecular weight excluding hydrogens is 280 g/mol. The number of aromatic nitrogens is 1. The van der Waals surface area contributed by atoms with Crippen LogP contribution in [0.4, 0.5) is 0 Å². The number of nitrogens with zero attached hydrogens (tertiary/aromatic N) is 2. The van der Waals surface area contributed by atoms with Crippen molar-refractivity contribution in [3.8, 4) is 0 Å². The normalized spacial score (nSPS) is 17.6. The van der Waals surface area contributed by atoms with Crippen LogP contribution in [0, 0.1) is 6.92 Å². The fourth-order valence-electron chi connectivity index (χ4n) is 2.74. The molecule has 3 heterocycles. The van der Waals surface area contributed by atoms with E-state index in [1.807, 2.05) is 24.0 Å². The first-order valence-corrected chi connectivity index (χ1v) is 7.58. The van der Waals surface area contributed by atoms with Crippen molar-refractivity contribution in [3.63, 3.8) is 0 Å². The van der Waals surface area contributed by atoms with E-state index >= 15 is 0 Å². The third-order valence-corrected chi connectivity index (χ3v) is 3.95. The van der Waals surface area contributed by atoms with Gasteiger partial charge >= 0.3 is 0 Å². The topological polar surface area (TPSA) is 55.6 Å². The zero-order chi connectivity index (χ0) is 15.4. The van der Waals surface area contributed by atoms with Gasteiger partial charge in [-0.2, -0.15) is 0 Å². The van der Waals surface area contributed by atoms with Crippen LogP contribution in [-0.4, -0.2) is 35.0 Å². The lowest BCUT2D eigenvalue weighted by atomic mass is 10.1. The van der Waals surface area contributed by atoms with E-state index in [1.165, 1.54) is 0 Å². The highest BCUT2D eigenvalue weighted by Gasteiger charge is 2.25. The molecule has 1 fully saturated rings. The van der Waals surface area contributed by atoms with Crippen molar-refractivity contribution in [2.24, 2.45) is 0 Å².